The molecule has 0 aromatic heterocycles. The molecule has 0 radical (unpaired) electrons. The van der Waals surface area contributed by atoms with Crippen molar-refractivity contribution in [3.8, 4) is 0 Å². The van der Waals surface area contributed by atoms with Crippen LogP contribution in [-0.2, 0) is 4.74 Å². The Morgan fingerprint density at radius 3 is 2.82 bits per heavy atom. The maximum absolute atomic E-state index is 5.38. The van der Waals surface area contributed by atoms with Crippen LogP contribution < -0.4 is 5.32 Å². The molecule has 1 fully saturated rings. The summed E-state index contributed by atoms with van der Waals surface area (Å²) in [6, 6.07) is 0.610. The Hall–Kier alpha value is -0.0800. The van der Waals surface area contributed by atoms with Crippen LogP contribution in [0.15, 0.2) is 0 Å². The number of rotatable bonds is 3. The third-order valence-corrected chi connectivity index (χ3v) is 2.50. The summed E-state index contributed by atoms with van der Waals surface area (Å²) in [6.07, 6.45) is 5.52. The fourth-order valence-corrected chi connectivity index (χ4v) is 1.81. The molecule has 0 saturated carbocycles. The first kappa shape index (κ1) is 9.01. The zero-order valence-corrected chi connectivity index (χ0v) is 7.60. The highest BCUT2D eigenvalue weighted by Crippen LogP contribution is 2.14. The summed E-state index contributed by atoms with van der Waals surface area (Å²) in [5.74, 6) is 0. The normalized spacial score (nSPS) is 28.4. The van der Waals surface area contributed by atoms with Gasteiger partial charge in [-0.2, -0.15) is 0 Å². The molecule has 0 aromatic carbocycles. The number of hydrogen-bond donors (Lipinski definition) is 1. The van der Waals surface area contributed by atoms with Crippen molar-refractivity contribution in [2.24, 2.45) is 0 Å². The summed E-state index contributed by atoms with van der Waals surface area (Å²) in [4.78, 5) is 0. The van der Waals surface area contributed by atoms with Crippen molar-refractivity contribution in [3.05, 3.63) is 0 Å². The average molecular weight is 157 g/mol. The van der Waals surface area contributed by atoms with Crippen molar-refractivity contribution in [1.82, 2.24) is 5.32 Å². The molecule has 1 rings (SSSR count). The summed E-state index contributed by atoms with van der Waals surface area (Å²) in [7, 11) is 1.81. The fourth-order valence-electron chi connectivity index (χ4n) is 1.81. The van der Waals surface area contributed by atoms with E-state index in [2.05, 4.69) is 12.2 Å². The van der Waals surface area contributed by atoms with Gasteiger partial charge in [0.25, 0.3) is 0 Å². The first-order valence-corrected chi connectivity index (χ1v) is 4.64. The molecule has 0 aliphatic carbocycles. The van der Waals surface area contributed by atoms with Gasteiger partial charge in [-0.25, -0.2) is 0 Å². The summed E-state index contributed by atoms with van der Waals surface area (Å²) in [5.41, 5.74) is 0. The van der Waals surface area contributed by atoms with Gasteiger partial charge in [-0.15, -0.1) is 0 Å². The quantitative estimate of drug-likeness (QED) is 0.671. The summed E-state index contributed by atoms with van der Waals surface area (Å²) >= 11 is 0. The monoisotopic (exact) mass is 157 g/mol. The molecule has 2 atom stereocenters. The number of hydrogen-bond acceptors (Lipinski definition) is 2. The van der Waals surface area contributed by atoms with Crippen LogP contribution in [0.25, 0.3) is 0 Å². The van der Waals surface area contributed by atoms with Crippen LogP contribution in [0.1, 0.15) is 32.6 Å². The third kappa shape index (κ3) is 2.46. The van der Waals surface area contributed by atoms with Crippen LogP contribution in [0.5, 0.6) is 0 Å². The SMILES string of the molecule is CC[C@H](OC)[C@H]1CCCCN1. The van der Waals surface area contributed by atoms with Crippen molar-refractivity contribution in [1.29, 1.82) is 0 Å². The third-order valence-electron chi connectivity index (χ3n) is 2.50. The number of piperidine rings is 1. The molecule has 2 nitrogen and oxygen atoms in total. The van der Waals surface area contributed by atoms with Crippen molar-refractivity contribution < 1.29 is 4.74 Å². The minimum atomic E-state index is 0.426. The minimum absolute atomic E-state index is 0.426. The van der Waals surface area contributed by atoms with E-state index in [1.807, 2.05) is 7.11 Å². The van der Waals surface area contributed by atoms with Gasteiger partial charge in [-0.05, 0) is 25.8 Å². The van der Waals surface area contributed by atoms with Gasteiger partial charge in [-0.3, -0.25) is 0 Å². The van der Waals surface area contributed by atoms with Gasteiger partial charge in [0, 0.05) is 13.2 Å². The molecule has 0 amide bonds. The first-order valence-electron chi connectivity index (χ1n) is 4.64. The molecule has 1 heterocycles. The van der Waals surface area contributed by atoms with Crippen molar-refractivity contribution >= 4 is 0 Å². The van der Waals surface area contributed by atoms with Crippen LogP contribution in [0, 0.1) is 0 Å². The molecular weight excluding hydrogens is 138 g/mol. The first-order chi connectivity index (χ1) is 5.38. The molecule has 66 valence electrons. The lowest BCUT2D eigenvalue weighted by molar-refractivity contribution is 0.0564. The highest BCUT2D eigenvalue weighted by Gasteiger charge is 2.20. The molecular formula is C9H19NO. The molecule has 0 aromatic rings. The van der Waals surface area contributed by atoms with Crippen molar-refractivity contribution in [3.63, 3.8) is 0 Å². The predicted molar refractivity (Wildman–Crippen MR) is 46.7 cm³/mol. The highest BCUT2D eigenvalue weighted by molar-refractivity contribution is 4.79. The van der Waals surface area contributed by atoms with Gasteiger partial charge in [0.15, 0.2) is 0 Å². The highest BCUT2D eigenvalue weighted by atomic mass is 16.5. The van der Waals surface area contributed by atoms with Gasteiger partial charge in [-0.1, -0.05) is 13.3 Å². The van der Waals surface area contributed by atoms with E-state index in [9.17, 15) is 0 Å². The van der Waals surface area contributed by atoms with E-state index in [4.69, 9.17) is 4.74 Å². The van der Waals surface area contributed by atoms with E-state index in [0.717, 1.165) is 6.42 Å². The van der Waals surface area contributed by atoms with Gasteiger partial charge in [0.05, 0.1) is 6.10 Å². The van der Waals surface area contributed by atoms with Crippen LogP contribution in [0.2, 0.25) is 0 Å². The van der Waals surface area contributed by atoms with Crippen molar-refractivity contribution in [2.75, 3.05) is 13.7 Å². The Morgan fingerprint density at radius 1 is 1.55 bits per heavy atom. The Bertz CT molecular complexity index is 95.7. The summed E-state index contributed by atoms with van der Waals surface area (Å²) in [5, 5.41) is 3.50. The van der Waals surface area contributed by atoms with Crippen LogP contribution in [-0.4, -0.2) is 25.8 Å². The number of ether oxygens (including phenoxy) is 1. The van der Waals surface area contributed by atoms with Gasteiger partial charge < -0.3 is 10.1 Å². The van der Waals surface area contributed by atoms with E-state index >= 15 is 0 Å². The lowest BCUT2D eigenvalue weighted by Gasteiger charge is -2.29. The van der Waals surface area contributed by atoms with E-state index in [1.54, 1.807) is 0 Å². The van der Waals surface area contributed by atoms with Crippen LogP contribution in [0.3, 0.4) is 0 Å². The molecule has 0 spiro atoms. The molecule has 1 saturated heterocycles. The molecule has 0 bridgehead atoms. The summed E-state index contributed by atoms with van der Waals surface area (Å²) < 4.78 is 5.38. The molecule has 1 aliphatic rings. The molecule has 1 aliphatic heterocycles. The average Bonchev–Trinajstić information content (AvgIpc) is 2.09. The molecule has 11 heavy (non-hydrogen) atoms. The van der Waals surface area contributed by atoms with Gasteiger partial charge in [0.2, 0.25) is 0 Å². The second kappa shape index (κ2) is 4.73. The topological polar surface area (TPSA) is 21.3 Å². The zero-order valence-electron chi connectivity index (χ0n) is 7.60. The molecule has 0 unspecified atom stereocenters. The smallest absolute Gasteiger partial charge is 0.0721 e. The number of nitrogens with one attached hydrogen (secondary N) is 1. The molecule has 1 N–H and O–H groups in total. The Balaban J connectivity index is 2.30. The van der Waals surface area contributed by atoms with E-state index in [1.165, 1.54) is 25.8 Å². The van der Waals surface area contributed by atoms with E-state index in [0.29, 0.717) is 12.1 Å². The number of methoxy groups -OCH3 is 1. The fraction of sp³-hybridized carbons (Fsp3) is 1.00. The largest absolute Gasteiger partial charge is 0.380 e. The van der Waals surface area contributed by atoms with E-state index < -0.39 is 0 Å². The lowest BCUT2D eigenvalue weighted by Crippen LogP contribution is -2.43. The minimum Gasteiger partial charge on any atom is -0.380 e. The zero-order chi connectivity index (χ0) is 8.10. The van der Waals surface area contributed by atoms with Gasteiger partial charge >= 0.3 is 0 Å². The second-order valence-corrected chi connectivity index (χ2v) is 3.24. The second-order valence-electron chi connectivity index (χ2n) is 3.24. The summed E-state index contributed by atoms with van der Waals surface area (Å²) in [6.45, 7) is 3.36. The Kier molecular flexibility index (Phi) is 3.87. The van der Waals surface area contributed by atoms with E-state index in [-0.39, 0.29) is 0 Å². The Labute approximate surface area is 69.3 Å². The van der Waals surface area contributed by atoms with Crippen molar-refractivity contribution in [2.45, 2.75) is 44.8 Å². The van der Waals surface area contributed by atoms with Crippen LogP contribution >= 0.6 is 0 Å². The standard InChI is InChI=1S/C9H19NO/c1-3-9(11-2)8-6-4-5-7-10-8/h8-10H,3-7H2,1-2H3/t8-,9+/m1/s1. The lowest BCUT2D eigenvalue weighted by atomic mass is 9.98. The molecule has 2 heteroatoms. The Morgan fingerprint density at radius 2 is 2.36 bits per heavy atom. The van der Waals surface area contributed by atoms with Crippen LogP contribution in [0.4, 0.5) is 0 Å². The predicted octanol–water partition coefficient (Wildman–Crippen LogP) is 1.55. The maximum Gasteiger partial charge on any atom is 0.0721 e. The van der Waals surface area contributed by atoms with Gasteiger partial charge in [0.1, 0.15) is 0 Å². The maximum atomic E-state index is 5.38.